The van der Waals surface area contributed by atoms with Crippen LogP contribution in [0.3, 0.4) is 0 Å². The zero-order valence-electron chi connectivity index (χ0n) is 11.5. The molecule has 0 bridgehead atoms. The van der Waals surface area contributed by atoms with Crippen LogP contribution in [0.2, 0.25) is 0 Å². The van der Waals surface area contributed by atoms with Crippen molar-refractivity contribution in [1.82, 2.24) is 0 Å². The molecule has 0 saturated heterocycles. The molecular weight excluding hydrogens is 317 g/mol. The number of rotatable bonds is 3. The molecule has 0 aliphatic carbocycles. The highest BCUT2D eigenvalue weighted by Gasteiger charge is 2.29. The molecule has 0 heterocycles. The normalized spacial score (nSPS) is 11.7. The van der Waals surface area contributed by atoms with Crippen LogP contribution < -0.4 is 5.32 Å². The van der Waals surface area contributed by atoms with Gasteiger partial charge in [-0.15, -0.1) is 0 Å². The maximum Gasteiger partial charge on any atom is 0.416 e. The third-order valence-electron chi connectivity index (χ3n) is 2.85. The third-order valence-corrected chi connectivity index (χ3v) is 2.85. The van der Waals surface area contributed by atoms with Gasteiger partial charge in [0.15, 0.2) is 0 Å². The molecule has 0 aliphatic rings. The van der Waals surface area contributed by atoms with Crippen LogP contribution >= 0.6 is 0 Å². The summed E-state index contributed by atoms with van der Waals surface area (Å²) in [6.07, 6.45) is -2.17. The summed E-state index contributed by atoms with van der Waals surface area (Å²) in [5.41, 5.74) is -0.777. The molecule has 23 heavy (non-hydrogen) atoms. The fourth-order valence-electron chi connectivity index (χ4n) is 1.72. The Balaban J connectivity index is 2.05. The van der Waals surface area contributed by atoms with E-state index >= 15 is 0 Å². The largest absolute Gasteiger partial charge is 0.416 e. The number of alkyl halides is 3. The van der Waals surface area contributed by atoms with E-state index in [1.54, 1.807) is 0 Å². The monoisotopic (exact) mass is 327 g/mol. The number of carbonyl (C=O) groups is 1. The summed E-state index contributed by atoms with van der Waals surface area (Å²) in [5.74, 6) is -2.26. The van der Waals surface area contributed by atoms with Crippen molar-refractivity contribution in [2.45, 2.75) is 6.18 Å². The first-order valence-corrected chi connectivity index (χ1v) is 6.37. The van der Waals surface area contributed by atoms with E-state index in [9.17, 15) is 26.7 Å². The van der Waals surface area contributed by atoms with Gasteiger partial charge >= 0.3 is 6.18 Å². The van der Waals surface area contributed by atoms with E-state index in [0.29, 0.717) is 5.56 Å². The van der Waals surface area contributed by atoms with E-state index in [0.717, 1.165) is 36.4 Å². The average Bonchev–Trinajstić information content (AvgIpc) is 2.48. The number of nitrogens with one attached hydrogen (secondary N) is 1. The van der Waals surface area contributed by atoms with Crippen molar-refractivity contribution in [2.24, 2.45) is 0 Å². The van der Waals surface area contributed by atoms with Gasteiger partial charge in [0.1, 0.15) is 11.6 Å². The number of halogens is 5. The minimum absolute atomic E-state index is 0.327. The van der Waals surface area contributed by atoms with Gasteiger partial charge in [-0.2, -0.15) is 13.2 Å². The molecule has 0 saturated carbocycles. The van der Waals surface area contributed by atoms with Crippen molar-refractivity contribution < 1.29 is 26.7 Å². The number of anilines is 1. The van der Waals surface area contributed by atoms with Crippen LogP contribution in [0.4, 0.5) is 27.6 Å². The molecule has 0 aromatic heterocycles. The summed E-state index contributed by atoms with van der Waals surface area (Å²) in [6.45, 7) is 0. The summed E-state index contributed by atoms with van der Waals surface area (Å²) in [5, 5.41) is 2.14. The first-order chi connectivity index (χ1) is 10.8. The molecule has 2 nitrogen and oxygen atoms in total. The Hall–Kier alpha value is -2.70. The van der Waals surface area contributed by atoms with E-state index in [4.69, 9.17) is 0 Å². The fourth-order valence-corrected chi connectivity index (χ4v) is 1.72. The summed E-state index contributed by atoms with van der Waals surface area (Å²) < 4.78 is 63.5. The highest BCUT2D eigenvalue weighted by atomic mass is 19.4. The van der Waals surface area contributed by atoms with E-state index in [1.165, 1.54) is 18.2 Å². The van der Waals surface area contributed by atoms with Crippen molar-refractivity contribution in [1.29, 1.82) is 0 Å². The van der Waals surface area contributed by atoms with Gasteiger partial charge in [0, 0.05) is 12.1 Å². The minimum atomic E-state index is -4.44. The summed E-state index contributed by atoms with van der Waals surface area (Å²) in [4.78, 5) is 11.6. The molecule has 1 N–H and O–H groups in total. The predicted octanol–water partition coefficient (Wildman–Crippen LogP) is 4.64. The summed E-state index contributed by atoms with van der Waals surface area (Å²) >= 11 is 0. The molecular formula is C16H10F5NO. The Labute approximate surface area is 128 Å². The molecule has 2 aromatic carbocycles. The van der Waals surface area contributed by atoms with Crippen molar-refractivity contribution in [3.8, 4) is 0 Å². The van der Waals surface area contributed by atoms with Gasteiger partial charge in [-0.1, -0.05) is 12.1 Å². The van der Waals surface area contributed by atoms with E-state index < -0.39 is 29.3 Å². The average molecular weight is 327 g/mol. The zero-order chi connectivity index (χ0) is 17.0. The standard InChI is InChI=1S/C16H10F5NO/c17-12-6-7-13(18)14(9-12)22-15(23)8-3-10-1-4-11(5-2-10)16(19,20)21/h1-9H,(H,22,23)/b8-3+. The molecule has 0 atom stereocenters. The Morgan fingerprint density at radius 3 is 2.26 bits per heavy atom. The third kappa shape index (κ3) is 4.64. The summed E-state index contributed by atoms with van der Waals surface area (Å²) in [6, 6.07) is 6.73. The molecule has 2 aromatic rings. The lowest BCUT2D eigenvalue weighted by atomic mass is 10.1. The van der Waals surface area contributed by atoms with Crippen LogP contribution in [-0.2, 0) is 11.0 Å². The Morgan fingerprint density at radius 1 is 1.00 bits per heavy atom. The van der Waals surface area contributed by atoms with Crippen LogP contribution in [-0.4, -0.2) is 5.91 Å². The molecule has 0 spiro atoms. The lowest BCUT2D eigenvalue weighted by Crippen LogP contribution is -2.09. The lowest BCUT2D eigenvalue weighted by Gasteiger charge is -2.06. The molecule has 0 radical (unpaired) electrons. The highest BCUT2D eigenvalue weighted by molar-refractivity contribution is 6.01. The smallest absolute Gasteiger partial charge is 0.320 e. The number of carbonyl (C=O) groups excluding carboxylic acids is 1. The number of hydrogen-bond donors (Lipinski definition) is 1. The Bertz CT molecular complexity index is 735. The van der Waals surface area contributed by atoms with Crippen molar-refractivity contribution in [3.05, 3.63) is 71.3 Å². The second-order valence-electron chi connectivity index (χ2n) is 4.57. The zero-order valence-corrected chi connectivity index (χ0v) is 11.5. The van der Waals surface area contributed by atoms with Crippen LogP contribution in [0.25, 0.3) is 6.08 Å². The van der Waals surface area contributed by atoms with E-state index in [-0.39, 0.29) is 5.69 Å². The van der Waals surface area contributed by atoms with Gasteiger partial charge < -0.3 is 5.32 Å². The topological polar surface area (TPSA) is 29.1 Å². The van der Waals surface area contributed by atoms with E-state index in [2.05, 4.69) is 5.32 Å². The quantitative estimate of drug-likeness (QED) is 0.646. The van der Waals surface area contributed by atoms with Crippen LogP contribution in [0.15, 0.2) is 48.5 Å². The van der Waals surface area contributed by atoms with E-state index in [1.807, 2.05) is 0 Å². The maximum atomic E-state index is 13.3. The fraction of sp³-hybridized carbons (Fsp3) is 0.0625. The van der Waals surface area contributed by atoms with Crippen molar-refractivity contribution in [3.63, 3.8) is 0 Å². The molecule has 2 rings (SSSR count). The summed E-state index contributed by atoms with van der Waals surface area (Å²) in [7, 11) is 0. The van der Waals surface area contributed by atoms with Crippen LogP contribution in [0.1, 0.15) is 11.1 Å². The molecule has 0 fully saturated rings. The molecule has 7 heteroatoms. The SMILES string of the molecule is O=C(/C=C/c1ccc(C(F)(F)F)cc1)Nc1cc(F)ccc1F. The second kappa shape index (κ2) is 6.60. The highest BCUT2D eigenvalue weighted by Crippen LogP contribution is 2.29. The maximum absolute atomic E-state index is 13.3. The van der Waals surface area contributed by atoms with Gasteiger partial charge in [0.2, 0.25) is 5.91 Å². The first kappa shape index (κ1) is 16.7. The van der Waals surface area contributed by atoms with Crippen molar-refractivity contribution in [2.75, 3.05) is 5.32 Å². The van der Waals surface area contributed by atoms with Crippen LogP contribution in [0.5, 0.6) is 0 Å². The first-order valence-electron chi connectivity index (χ1n) is 6.37. The Kier molecular flexibility index (Phi) is 4.78. The predicted molar refractivity (Wildman–Crippen MR) is 75.5 cm³/mol. The van der Waals surface area contributed by atoms with Gasteiger partial charge in [0.25, 0.3) is 0 Å². The number of hydrogen-bond acceptors (Lipinski definition) is 1. The second-order valence-corrected chi connectivity index (χ2v) is 4.57. The molecule has 1 amide bonds. The van der Waals surface area contributed by atoms with Gasteiger partial charge in [0.05, 0.1) is 11.3 Å². The van der Waals surface area contributed by atoms with Crippen LogP contribution in [0, 0.1) is 11.6 Å². The lowest BCUT2D eigenvalue weighted by molar-refractivity contribution is -0.137. The van der Waals surface area contributed by atoms with Gasteiger partial charge in [-0.25, -0.2) is 8.78 Å². The molecule has 0 aliphatic heterocycles. The minimum Gasteiger partial charge on any atom is -0.320 e. The van der Waals surface area contributed by atoms with Gasteiger partial charge in [-0.3, -0.25) is 4.79 Å². The van der Waals surface area contributed by atoms with Crippen molar-refractivity contribution >= 4 is 17.7 Å². The molecule has 120 valence electrons. The number of benzene rings is 2. The Morgan fingerprint density at radius 2 is 1.65 bits per heavy atom. The number of amides is 1. The molecule has 0 unspecified atom stereocenters. The van der Waals surface area contributed by atoms with Gasteiger partial charge in [-0.05, 0) is 35.9 Å².